The van der Waals surface area contributed by atoms with Gasteiger partial charge in [0.25, 0.3) is 0 Å². The molecule has 0 N–H and O–H groups in total. The van der Waals surface area contributed by atoms with Gasteiger partial charge in [-0.25, -0.2) is 4.79 Å². The van der Waals surface area contributed by atoms with Gasteiger partial charge in [0.1, 0.15) is 24.7 Å². The van der Waals surface area contributed by atoms with Crippen LogP contribution in [0.15, 0.2) is 133 Å². The number of carbonyl (C=O) groups is 2. The molecule has 7 nitrogen and oxygen atoms in total. The lowest BCUT2D eigenvalue weighted by Gasteiger charge is -2.23. The number of esters is 1. The van der Waals surface area contributed by atoms with Crippen molar-refractivity contribution in [3.05, 3.63) is 167 Å². The molecule has 0 aliphatic rings. The highest BCUT2D eigenvalue weighted by atomic mass is 16.5. The molecule has 7 heteroatoms. The van der Waals surface area contributed by atoms with Crippen LogP contribution in [-0.2, 0) is 32.8 Å². The second kappa shape index (κ2) is 18.0. The molecule has 1 amide bonds. The van der Waals surface area contributed by atoms with E-state index >= 15 is 0 Å². The Bertz CT molecular complexity index is 1760. The highest BCUT2D eigenvalue weighted by Gasteiger charge is 2.20. The molecule has 0 saturated heterocycles. The zero-order valence-corrected chi connectivity index (χ0v) is 29.9. The first-order valence-electron chi connectivity index (χ1n) is 17.3. The summed E-state index contributed by atoms with van der Waals surface area (Å²) in [5.41, 5.74) is 5.76. The Balaban J connectivity index is 0.994. The van der Waals surface area contributed by atoms with Crippen LogP contribution >= 0.6 is 0 Å². The molecule has 0 aliphatic heterocycles. The fourth-order valence-corrected chi connectivity index (χ4v) is 5.51. The summed E-state index contributed by atoms with van der Waals surface area (Å²) in [6.07, 6.45) is -0.507. The highest BCUT2D eigenvalue weighted by molar-refractivity contribution is 5.89. The molecule has 5 aromatic carbocycles. The van der Waals surface area contributed by atoms with Crippen molar-refractivity contribution >= 4 is 11.9 Å². The molecule has 0 bridgehead atoms. The van der Waals surface area contributed by atoms with Crippen LogP contribution < -0.4 is 9.47 Å². The van der Waals surface area contributed by atoms with Crippen molar-refractivity contribution < 1.29 is 28.5 Å². The third-order valence-corrected chi connectivity index (χ3v) is 8.45. The van der Waals surface area contributed by atoms with Gasteiger partial charge >= 0.3 is 5.97 Å². The Kier molecular flexibility index (Phi) is 13.0. The SMILES string of the molecule is CC(=O)N(Cc1ccc(OCCOCCOc2ccc(C(=O)OC(c3ccccc3)c3ccccc3)cc2)cc1)Cc1ccc(C(C)(C)C)cc1. The minimum Gasteiger partial charge on any atom is -0.491 e. The normalized spacial score (nSPS) is 11.2. The van der Waals surface area contributed by atoms with E-state index in [1.165, 1.54) is 5.56 Å². The molecule has 0 unspecified atom stereocenters. The Morgan fingerprint density at radius 2 is 1.04 bits per heavy atom. The van der Waals surface area contributed by atoms with Crippen LogP contribution in [0, 0.1) is 0 Å². The van der Waals surface area contributed by atoms with Crippen molar-refractivity contribution in [3.63, 3.8) is 0 Å². The second-order valence-electron chi connectivity index (χ2n) is 13.4. The quantitative estimate of drug-likeness (QED) is 0.0763. The van der Waals surface area contributed by atoms with Gasteiger partial charge in [0, 0.05) is 20.0 Å². The van der Waals surface area contributed by atoms with Crippen molar-refractivity contribution in [2.24, 2.45) is 0 Å². The van der Waals surface area contributed by atoms with Gasteiger partial charge in [-0.05, 0) is 69.6 Å². The molecule has 5 aromatic rings. The minimum absolute atomic E-state index is 0.0322. The monoisotopic (exact) mass is 685 g/mol. The molecule has 0 aliphatic carbocycles. The van der Waals surface area contributed by atoms with E-state index in [1.807, 2.05) is 89.8 Å². The molecule has 0 aromatic heterocycles. The van der Waals surface area contributed by atoms with Crippen molar-refractivity contribution in [1.29, 1.82) is 0 Å². The summed E-state index contributed by atoms with van der Waals surface area (Å²) in [5.74, 6) is 0.997. The summed E-state index contributed by atoms with van der Waals surface area (Å²) in [5, 5.41) is 0. The van der Waals surface area contributed by atoms with Crippen molar-refractivity contribution in [1.82, 2.24) is 4.90 Å². The molecule has 0 atom stereocenters. The van der Waals surface area contributed by atoms with Crippen LogP contribution in [0.3, 0.4) is 0 Å². The average Bonchev–Trinajstić information content (AvgIpc) is 3.14. The summed E-state index contributed by atoms with van der Waals surface area (Å²) >= 11 is 0. The first-order valence-corrected chi connectivity index (χ1v) is 17.3. The first-order chi connectivity index (χ1) is 24.7. The average molecular weight is 686 g/mol. The summed E-state index contributed by atoms with van der Waals surface area (Å²) in [7, 11) is 0. The van der Waals surface area contributed by atoms with Crippen LogP contribution in [0.4, 0.5) is 0 Å². The van der Waals surface area contributed by atoms with E-state index in [4.69, 9.17) is 18.9 Å². The van der Waals surface area contributed by atoms with Gasteiger partial charge in [-0.3, -0.25) is 4.79 Å². The van der Waals surface area contributed by atoms with Crippen LogP contribution in [-0.4, -0.2) is 43.2 Å². The molecule has 0 heterocycles. The zero-order chi connectivity index (χ0) is 36.1. The van der Waals surface area contributed by atoms with Crippen LogP contribution in [0.2, 0.25) is 0 Å². The summed E-state index contributed by atoms with van der Waals surface area (Å²) < 4.78 is 23.3. The number of hydrogen-bond acceptors (Lipinski definition) is 6. The Morgan fingerprint density at radius 3 is 1.49 bits per heavy atom. The molecule has 5 rings (SSSR count). The molecule has 0 spiro atoms. The number of benzene rings is 5. The predicted molar refractivity (Wildman–Crippen MR) is 200 cm³/mol. The number of hydrogen-bond donors (Lipinski definition) is 0. The molecular formula is C44H47NO6. The van der Waals surface area contributed by atoms with E-state index < -0.39 is 12.1 Å². The fraction of sp³-hybridized carbons (Fsp3) is 0.273. The molecular weight excluding hydrogens is 638 g/mol. The number of ether oxygens (including phenoxy) is 4. The number of rotatable bonds is 16. The maximum Gasteiger partial charge on any atom is 0.339 e. The van der Waals surface area contributed by atoms with Gasteiger partial charge in [-0.1, -0.05) is 118 Å². The van der Waals surface area contributed by atoms with Crippen molar-refractivity contribution in [3.8, 4) is 11.5 Å². The zero-order valence-electron chi connectivity index (χ0n) is 29.9. The summed E-state index contributed by atoms with van der Waals surface area (Å²) in [6, 6.07) is 42.6. The van der Waals surface area contributed by atoms with Gasteiger partial charge < -0.3 is 23.8 Å². The number of carbonyl (C=O) groups excluding carboxylic acids is 2. The first kappa shape index (κ1) is 36.9. The van der Waals surface area contributed by atoms with E-state index in [0.717, 1.165) is 28.0 Å². The Hall–Kier alpha value is -5.40. The largest absolute Gasteiger partial charge is 0.491 e. The van der Waals surface area contributed by atoms with Gasteiger partial charge in [0.05, 0.1) is 18.8 Å². The third kappa shape index (κ3) is 11.3. The molecule has 51 heavy (non-hydrogen) atoms. The number of amides is 1. The number of nitrogens with zero attached hydrogens (tertiary/aromatic N) is 1. The van der Waals surface area contributed by atoms with Gasteiger partial charge in [-0.15, -0.1) is 0 Å². The molecule has 0 radical (unpaired) electrons. The van der Waals surface area contributed by atoms with E-state index in [2.05, 4.69) is 45.0 Å². The topological polar surface area (TPSA) is 74.3 Å². The van der Waals surface area contributed by atoms with Crippen LogP contribution in [0.1, 0.15) is 72.0 Å². The maximum atomic E-state index is 13.0. The van der Waals surface area contributed by atoms with E-state index in [-0.39, 0.29) is 11.3 Å². The van der Waals surface area contributed by atoms with Crippen molar-refractivity contribution in [2.75, 3.05) is 26.4 Å². The third-order valence-electron chi connectivity index (χ3n) is 8.45. The van der Waals surface area contributed by atoms with Gasteiger partial charge in [0.15, 0.2) is 6.10 Å². The Labute approximate surface area is 301 Å². The van der Waals surface area contributed by atoms with Crippen molar-refractivity contribution in [2.45, 2.75) is 52.3 Å². The highest BCUT2D eigenvalue weighted by Crippen LogP contribution is 2.28. The lowest BCUT2D eigenvalue weighted by Crippen LogP contribution is -2.27. The smallest absolute Gasteiger partial charge is 0.339 e. The maximum absolute atomic E-state index is 13.0. The van der Waals surface area contributed by atoms with E-state index in [0.29, 0.717) is 50.8 Å². The second-order valence-corrected chi connectivity index (χ2v) is 13.4. The molecule has 0 saturated carbocycles. The lowest BCUT2D eigenvalue weighted by atomic mass is 9.87. The van der Waals surface area contributed by atoms with Crippen LogP contribution in [0.25, 0.3) is 0 Å². The predicted octanol–water partition coefficient (Wildman–Crippen LogP) is 8.95. The molecule has 264 valence electrons. The fourth-order valence-electron chi connectivity index (χ4n) is 5.51. The van der Waals surface area contributed by atoms with Gasteiger partial charge in [-0.2, -0.15) is 0 Å². The van der Waals surface area contributed by atoms with Gasteiger partial charge in [0.2, 0.25) is 5.91 Å². The Morgan fingerprint density at radius 1 is 0.588 bits per heavy atom. The standard InChI is InChI=1S/C44H47NO6/c1-33(46)45(31-34-15-21-39(22-16-34)44(2,3)4)32-35-17-23-40(24-18-35)49-29-27-48-28-30-50-41-25-19-38(20-26-41)43(47)51-42(36-11-7-5-8-12-36)37-13-9-6-10-14-37/h5-26,42H,27-32H2,1-4H3. The van der Waals surface area contributed by atoms with E-state index in [1.54, 1.807) is 31.2 Å². The van der Waals surface area contributed by atoms with Crippen LogP contribution in [0.5, 0.6) is 11.5 Å². The summed E-state index contributed by atoms with van der Waals surface area (Å²) in [4.78, 5) is 27.3. The minimum atomic E-state index is -0.507. The van der Waals surface area contributed by atoms with E-state index in [9.17, 15) is 9.59 Å². The molecule has 0 fully saturated rings. The lowest BCUT2D eigenvalue weighted by molar-refractivity contribution is -0.130. The summed E-state index contributed by atoms with van der Waals surface area (Å²) in [6.45, 7) is 10.8.